The monoisotopic (exact) mass is 352 g/mol. The zero-order chi connectivity index (χ0) is 15.2. The predicted molar refractivity (Wildman–Crippen MR) is 83.5 cm³/mol. The molecule has 0 aliphatic carbocycles. The molecule has 0 fully saturated rings. The number of ether oxygens (including phenoxy) is 2. The molecule has 2 aromatic rings. The van der Waals surface area contributed by atoms with Crippen molar-refractivity contribution in [3.05, 3.63) is 58.1 Å². The van der Waals surface area contributed by atoms with Gasteiger partial charge in [0.15, 0.2) is 0 Å². The van der Waals surface area contributed by atoms with Crippen LogP contribution < -0.4 is 9.47 Å². The van der Waals surface area contributed by atoms with E-state index in [1.165, 1.54) is 0 Å². The van der Waals surface area contributed by atoms with E-state index < -0.39 is 6.10 Å². The topological polar surface area (TPSA) is 58.9 Å². The summed E-state index contributed by atoms with van der Waals surface area (Å²) < 4.78 is 11.5. The van der Waals surface area contributed by atoms with Gasteiger partial charge in [-0.15, -0.1) is 0 Å². The lowest BCUT2D eigenvalue weighted by Gasteiger charge is -2.16. The van der Waals surface area contributed by atoms with Gasteiger partial charge in [0.05, 0.1) is 18.2 Å². The Hall–Kier alpha value is -1.56. The van der Waals surface area contributed by atoms with Crippen molar-refractivity contribution in [2.24, 2.45) is 0 Å². The van der Waals surface area contributed by atoms with Crippen molar-refractivity contribution in [1.82, 2.24) is 0 Å². The fourth-order valence-corrected chi connectivity index (χ4v) is 2.47. The van der Waals surface area contributed by atoms with Crippen molar-refractivity contribution >= 4 is 15.9 Å². The Bertz CT molecular complexity index is 601. The van der Waals surface area contributed by atoms with Crippen molar-refractivity contribution in [3.8, 4) is 11.5 Å². The smallest absolute Gasteiger partial charge is 0.139 e. The largest absolute Gasteiger partial charge is 0.497 e. The molecule has 112 valence electrons. The average Bonchev–Trinajstić information content (AvgIpc) is 2.53. The molecule has 2 N–H and O–H groups in total. The molecule has 0 radical (unpaired) electrons. The molecule has 0 heterocycles. The number of rotatable bonds is 6. The number of aliphatic hydroxyl groups excluding tert-OH is 2. The van der Waals surface area contributed by atoms with E-state index >= 15 is 0 Å². The third-order valence-electron chi connectivity index (χ3n) is 3.08. The Balaban J connectivity index is 2.09. The first-order chi connectivity index (χ1) is 10.2. The van der Waals surface area contributed by atoms with E-state index in [2.05, 4.69) is 15.9 Å². The number of hydrogen-bond donors (Lipinski definition) is 2. The van der Waals surface area contributed by atoms with Crippen LogP contribution >= 0.6 is 15.9 Å². The van der Waals surface area contributed by atoms with Crippen molar-refractivity contribution in [3.63, 3.8) is 0 Å². The molecule has 0 saturated carbocycles. The molecule has 2 rings (SSSR count). The van der Waals surface area contributed by atoms with Crippen molar-refractivity contribution < 1.29 is 19.7 Å². The third-order valence-corrected chi connectivity index (χ3v) is 3.71. The fraction of sp³-hybridized carbons (Fsp3) is 0.250. The minimum Gasteiger partial charge on any atom is -0.497 e. The summed E-state index contributed by atoms with van der Waals surface area (Å²) >= 11 is 3.38. The molecule has 4 nitrogen and oxygen atoms in total. The number of hydrogen-bond acceptors (Lipinski definition) is 4. The summed E-state index contributed by atoms with van der Waals surface area (Å²) in [5.74, 6) is 1.23. The first-order valence-corrected chi connectivity index (χ1v) is 7.28. The first kappa shape index (κ1) is 15.8. The highest BCUT2D eigenvalue weighted by molar-refractivity contribution is 9.10. The van der Waals surface area contributed by atoms with Crippen LogP contribution in [0.2, 0.25) is 0 Å². The maximum atomic E-state index is 10.2. The lowest BCUT2D eigenvalue weighted by molar-refractivity contribution is 0.106. The molecule has 0 saturated heterocycles. The third kappa shape index (κ3) is 3.97. The lowest BCUT2D eigenvalue weighted by Crippen LogP contribution is -2.11. The van der Waals surface area contributed by atoms with E-state index in [4.69, 9.17) is 9.47 Å². The van der Waals surface area contributed by atoms with E-state index in [1.807, 2.05) is 30.3 Å². The van der Waals surface area contributed by atoms with Gasteiger partial charge in [-0.3, -0.25) is 0 Å². The van der Waals surface area contributed by atoms with Gasteiger partial charge >= 0.3 is 0 Å². The Morgan fingerprint density at radius 1 is 1.19 bits per heavy atom. The van der Waals surface area contributed by atoms with E-state index in [0.717, 1.165) is 4.47 Å². The molecule has 2 aromatic carbocycles. The predicted octanol–water partition coefficient (Wildman–Crippen LogP) is 3.06. The maximum absolute atomic E-state index is 10.2. The van der Waals surface area contributed by atoms with E-state index in [9.17, 15) is 10.2 Å². The van der Waals surface area contributed by atoms with Crippen LogP contribution in [0.15, 0.2) is 46.9 Å². The molecular weight excluding hydrogens is 336 g/mol. The second-order valence-electron chi connectivity index (χ2n) is 4.49. The SMILES string of the molecule is COc1cccc(C(O)COc2c(Br)cccc2CO)c1. The van der Waals surface area contributed by atoms with Crippen LogP contribution in [-0.4, -0.2) is 23.9 Å². The van der Waals surface area contributed by atoms with Gasteiger partial charge in [0, 0.05) is 5.56 Å². The second kappa shape index (κ2) is 7.45. The van der Waals surface area contributed by atoms with E-state index in [0.29, 0.717) is 22.6 Å². The quantitative estimate of drug-likeness (QED) is 0.838. The fourth-order valence-electron chi connectivity index (χ4n) is 1.95. The molecule has 0 spiro atoms. The van der Waals surface area contributed by atoms with Gasteiger partial charge in [-0.05, 0) is 39.7 Å². The summed E-state index contributed by atoms with van der Waals surface area (Å²) in [5.41, 5.74) is 1.38. The highest BCUT2D eigenvalue weighted by Gasteiger charge is 2.13. The second-order valence-corrected chi connectivity index (χ2v) is 5.34. The molecule has 0 amide bonds. The highest BCUT2D eigenvalue weighted by Crippen LogP contribution is 2.30. The zero-order valence-electron chi connectivity index (χ0n) is 11.6. The van der Waals surface area contributed by atoms with Crippen molar-refractivity contribution in [2.75, 3.05) is 13.7 Å². The van der Waals surface area contributed by atoms with Gasteiger partial charge in [0.25, 0.3) is 0 Å². The molecule has 0 aromatic heterocycles. The van der Waals surface area contributed by atoms with Gasteiger partial charge in [-0.2, -0.15) is 0 Å². The van der Waals surface area contributed by atoms with Gasteiger partial charge in [0.2, 0.25) is 0 Å². The van der Waals surface area contributed by atoms with Gasteiger partial charge in [-0.1, -0.05) is 24.3 Å². The summed E-state index contributed by atoms with van der Waals surface area (Å²) in [5, 5.41) is 19.5. The van der Waals surface area contributed by atoms with Crippen LogP contribution in [0.25, 0.3) is 0 Å². The summed E-state index contributed by atoms with van der Waals surface area (Å²) in [7, 11) is 1.58. The van der Waals surface area contributed by atoms with Gasteiger partial charge in [-0.25, -0.2) is 0 Å². The van der Waals surface area contributed by atoms with Crippen LogP contribution in [0.3, 0.4) is 0 Å². The lowest BCUT2D eigenvalue weighted by atomic mass is 10.1. The summed E-state index contributed by atoms with van der Waals surface area (Å²) in [6.45, 7) is -0.0349. The van der Waals surface area contributed by atoms with Gasteiger partial charge < -0.3 is 19.7 Å². The number of halogens is 1. The van der Waals surface area contributed by atoms with Crippen LogP contribution in [0.4, 0.5) is 0 Å². The van der Waals surface area contributed by atoms with E-state index in [-0.39, 0.29) is 13.2 Å². The summed E-state index contributed by atoms with van der Waals surface area (Å²) in [6, 6.07) is 12.6. The van der Waals surface area contributed by atoms with Crippen LogP contribution in [0.1, 0.15) is 17.2 Å². The zero-order valence-corrected chi connectivity index (χ0v) is 13.2. The normalized spacial score (nSPS) is 12.0. The molecule has 0 bridgehead atoms. The minimum atomic E-state index is -0.779. The highest BCUT2D eigenvalue weighted by atomic mass is 79.9. The van der Waals surface area contributed by atoms with Crippen LogP contribution in [-0.2, 0) is 6.61 Å². The molecule has 0 aliphatic heterocycles. The average molecular weight is 353 g/mol. The number of benzene rings is 2. The minimum absolute atomic E-state index is 0.0861. The Morgan fingerprint density at radius 2 is 1.95 bits per heavy atom. The Labute approximate surface area is 132 Å². The molecular formula is C16H17BrO4. The first-order valence-electron chi connectivity index (χ1n) is 6.48. The van der Waals surface area contributed by atoms with Crippen molar-refractivity contribution in [1.29, 1.82) is 0 Å². The van der Waals surface area contributed by atoms with Crippen LogP contribution in [0, 0.1) is 0 Å². The summed E-state index contributed by atoms with van der Waals surface area (Å²) in [4.78, 5) is 0. The number of methoxy groups -OCH3 is 1. The molecule has 21 heavy (non-hydrogen) atoms. The molecule has 5 heteroatoms. The molecule has 1 unspecified atom stereocenters. The Kier molecular flexibility index (Phi) is 5.61. The summed E-state index contributed by atoms with van der Waals surface area (Å²) in [6.07, 6.45) is -0.779. The Morgan fingerprint density at radius 3 is 2.67 bits per heavy atom. The van der Waals surface area contributed by atoms with Crippen LogP contribution in [0.5, 0.6) is 11.5 Å². The standard InChI is InChI=1S/C16H17BrO4/c1-20-13-6-2-4-11(8-13)15(19)10-21-16-12(9-18)5-3-7-14(16)17/h2-8,15,18-19H,9-10H2,1H3. The number of para-hydroxylation sites is 1. The van der Waals surface area contributed by atoms with E-state index in [1.54, 1.807) is 19.2 Å². The molecule has 1 atom stereocenters. The van der Waals surface area contributed by atoms with Gasteiger partial charge in [0.1, 0.15) is 24.2 Å². The van der Waals surface area contributed by atoms with Crippen molar-refractivity contribution in [2.45, 2.75) is 12.7 Å². The molecule has 0 aliphatic rings. The maximum Gasteiger partial charge on any atom is 0.139 e. The number of aliphatic hydroxyl groups is 2.